The normalized spacial score (nSPS) is 15.9. The van der Waals surface area contributed by atoms with E-state index in [0.29, 0.717) is 19.3 Å². The van der Waals surface area contributed by atoms with Crippen LogP contribution in [0.4, 0.5) is 0 Å². The molecule has 0 unspecified atom stereocenters. The van der Waals surface area contributed by atoms with Crippen LogP contribution in [0.25, 0.3) is 0 Å². The fourth-order valence-corrected chi connectivity index (χ4v) is 11.5. The summed E-state index contributed by atoms with van der Waals surface area (Å²) in [5.74, 6) is -14.6. The van der Waals surface area contributed by atoms with E-state index < -0.39 is 205 Å². The molecule has 0 bridgehead atoms. The van der Waals surface area contributed by atoms with Crippen LogP contribution in [0.5, 0.6) is 0 Å². The SMILES string of the molecule is CC[C@H](C)[C@H](NC(=O)CNC(=O)[C@H](CO)NC(=O)[C@@H](NC(=O)[C@H](CC(C)C)NC(=O)[C@H](CCC(N)=O)NC(=O)[C@H](CCCN=C(N)N)NC(=O)CCCNC(=O)[C@@H](NC(=O)[C@@H]1CCCN1C(=O)[C@H](C)NC(=O)CNC(=O)[C@H](CC(C)C)NC(=O)[C@H](CC(C)C)NC(=O)[C@@H](N)CCCN=C(N)N)C(C)C)C(C)C)C(N)=O. The molecular weight excluding hydrogens is 1430 g/mol. The highest BCUT2D eigenvalue weighted by molar-refractivity contribution is 5.99. The topological polar surface area (TPSA) is 660 Å². The maximum absolute atomic E-state index is 14.2. The van der Waals surface area contributed by atoms with E-state index in [1.165, 1.54) is 11.8 Å². The number of guanidine groups is 2. The number of carbonyl (C=O) groups is 16. The van der Waals surface area contributed by atoms with E-state index in [0.717, 1.165) is 0 Å². The Bertz CT molecular complexity index is 3160. The van der Waals surface area contributed by atoms with Crippen LogP contribution in [0.2, 0.25) is 0 Å². The molecule has 1 aliphatic rings. The predicted octanol–water partition coefficient (Wildman–Crippen LogP) is -6.35. The highest BCUT2D eigenvalue weighted by Crippen LogP contribution is 2.20. The van der Waals surface area contributed by atoms with E-state index in [9.17, 15) is 81.8 Å². The Labute approximate surface area is 643 Å². The summed E-state index contributed by atoms with van der Waals surface area (Å²) in [5.41, 5.74) is 38.8. The number of rotatable bonds is 52. The van der Waals surface area contributed by atoms with Gasteiger partial charge in [-0.05, 0) is 113 Å². The second-order valence-electron chi connectivity index (χ2n) is 29.6. The first-order valence-electron chi connectivity index (χ1n) is 37.6. The molecule has 16 amide bonds. The Morgan fingerprint density at radius 3 is 1.37 bits per heavy atom. The van der Waals surface area contributed by atoms with Crippen LogP contribution in [0, 0.1) is 35.5 Å². The molecule has 1 rings (SSSR count). The van der Waals surface area contributed by atoms with E-state index in [1.807, 2.05) is 27.7 Å². The van der Waals surface area contributed by atoms with E-state index in [2.05, 4.69) is 79.1 Å². The first kappa shape index (κ1) is 98.0. The molecule has 40 nitrogen and oxygen atoms in total. The third-order valence-electron chi connectivity index (χ3n) is 17.7. The van der Waals surface area contributed by atoms with Crippen LogP contribution in [-0.2, 0) is 76.7 Å². The summed E-state index contributed by atoms with van der Waals surface area (Å²) in [5, 5.41) is 43.4. The Kier molecular flexibility index (Phi) is 45.1. The fraction of sp³-hybridized carbons (Fsp3) is 0.743. The molecule has 0 saturated carbocycles. The van der Waals surface area contributed by atoms with Gasteiger partial charge in [0.05, 0.1) is 25.7 Å². The van der Waals surface area contributed by atoms with Gasteiger partial charge in [0.1, 0.15) is 66.5 Å². The molecular formula is C70H127N23O17. The molecule has 0 aliphatic carbocycles. The van der Waals surface area contributed by atoms with Gasteiger partial charge in [0.25, 0.3) is 0 Å². The summed E-state index contributed by atoms with van der Waals surface area (Å²) in [4.78, 5) is 224. The molecule has 0 aromatic carbocycles. The van der Waals surface area contributed by atoms with Gasteiger partial charge in [-0.1, -0.05) is 89.5 Å². The van der Waals surface area contributed by atoms with Gasteiger partial charge < -0.3 is 119 Å². The first-order valence-corrected chi connectivity index (χ1v) is 37.6. The monoisotopic (exact) mass is 1560 g/mol. The number of hydrogen-bond acceptors (Lipinski definition) is 20. The van der Waals surface area contributed by atoms with Crippen LogP contribution >= 0.6 is 0 Å². The van der Waals surface area contributed by atoms with E-state index >= 15 is 0 Å². The van der Waals surface area contributed by atoms with Crippen molar-refractivity contribution in [3.05, 3.63) is 0 Å². The minimum Gasteiger partial charge on any atom is -0.394 e. The third-order valence-corrected chi connectivity index (χ3v) is 17.7. The molecule has 110 heavy (non-hydrogen) atoms. The molecule has 1 heterocycles. The Morgan fingerprint density at radius 2 is 0.891 bits per heavy atom. The zero-order valence-electron chi connectivity index (χ0n) is 66.1. The fourth-order valence-electron chi connectivity index (χ4n) is 11.5. The van der Waals surface area contributed by atoms with Crippen molar-refractivity contribution in [1.82, 2.24) is 74.0 Å². The van der Waals surface area contributed by atoms with Gasteiger partial charge in [-0.15, -0.1) is 0 Å². The Morgan fingerprint density at radius 1 is 0.445 bits per heavy atom. The summed E-state index contributed by atoms with van der Waals surface area (Å²) in [6.07, 6.45) is 1.05. The summed E-state index contributed by atoms with van der Waals surface area (Å²) in [6, 6.07) is -14.8. The van der Waals surface area contributed by atoms with Crippen molar-refractivity contribution in [2.24, 2.45) is 85.6 Å². The first-order chi connectivity index (χ1) is 51.4. The van der Waals surface area contributed by atoms with Crippen molar-refractivity contribution < 1.29 is 81.8 Å². The van der Waals surface area contributed by atoms with Crippen LogP contribution in [0.3, 0.4) is 0 Å². The lowest BCUT2D eigenvalue weighted by Gasteiger charge is -2.29. The van der Waals surface area contributed by atoms with Crippen molar-refractivity contribution in [3.8, 4) is 0 Å². The second-order valence-corrected chi connectivity index (χ2v) is 29.6. The summed E-state index contributed by atoms with van der Waals surface area (Å²) in [6.45, 7) is 20.3. The number of hydrogen-bond donors (Lipinski definition) is 21. The van der Waals surface area contributed by atoms with Crippen molar-refractivity contribution >= 4 is 106 Å². The molecule has 13 atom stereocenters. The minimum absolute atomic E-state index is 0.00688. The molecule has 40 heteroatoms. The second kappa shape index (κ2) is 50.6. The number of amides is 16. The molecule has 28 N–H and O–H groups in total. The lowest BCUT2D eigenvalue weighted by molar-refractivity contribution is -0.142. The lowest BCUT2D eigenvalue weighted by atomic mass is 9.98. The average Bonchev–Trinajstić information content (AvgIpc) is 1.63. The number of primary amides is 2. The summed E-state index contributed by atoms with van der Waals surface area (Å²) < 4.78 is 0. The third kappa shape index (κ3) is 37.9. The number of aliphatic hydroxyl groups is 1. The summed E-state index contributed by atoms with van der Waals surface area (Å²) in [7, 11) is 0. The smallest absolute Gasteiger partial charge is 0.245 e. The van der Waals surface area contributed by atoms with Crippen LogP contribution in [0.15, 0.2) is 9.98 Å². The molecule has 1 aliphatic heterocycles. The van der Waals surface area contributed by atoms with Crippen LogP contribution in [-0.4, -0.2) is 235 Å². The van der Waals surface area contributed by atoms with Gasteiger partial charge in [0.15, 0.2) is 11.9 Å². The molecule has 624 valence electrons. The van der Waals surface area contributed by atoms with Crippen molar-refractivity contribution in [2.45, 2.75) is 252 Å². The molecule has 1 saturated heterocycles. The standard InChI is InChI=1S/C70H127N23O17/c1-14-40(12)56(57(73)99)90-53(98)33-82-60(102)48(34-94)89-67(109)55(39(10)11)91-64(106)47(31-37(6)7)88-62(104)44(23-24-50(72)95)85-61(103)43(20-16-27-80-70(76)77)84-51(96)22-17-25-78-66(108)54(38(8)9)92-65(107)49-21-18-28-93(49)68(110)41(13)83-52(97)32-81-59(101)45(29-35(2)3)87-63(105)46(30-36(4)5)86-58(100)42(71)19-15-26-79-69(74)75/h35-49,54-56,94H,14-34,71H2,1-13H3,(H2,72,95)(H2,73,99)(H,78,108)(H,81,101)(H,82,102)(H,83,97)(H,84,96)(H,85,103)(H,86,100)(H,87,105)(H,88,104)(H,89,109)(H,90,98)(H,91,106)(H,92,107)(H4,74,75,79)(H4,76,77,80)/t40-,41-,42-,43-,44-,45-,46-,47-,48-,49-,54-,55-,56-/m0/s1. The van der Waals surface area contributed by atoms with Gasteiger partial charge in [0, 0.05) is 39.0 Å². The van der Waals surface area contributed by atoms with Crippen molar-refractivity contribution in [1.29, 1.82) is 0 Å². The lowest BCUT2D eigenvalue weighted by Crippen LogP contribution is -2.60. The minimum atomic E-state index is -1.62. The Balaban J connectivity index is 3.15. The predicted molar refractivity (Wildman–Crippen MR) is 408 cm³/mol. The number of nitrogens with zero attached hydrogens (tertiary/aromatic N) is 3. The van der Waals surface area contributed by atoms with Gasteiger partial charge in [-0.25, -0.2) is 0 Å². The van der Waals surface area contributed by atoms with E-state index in [1.54, 1.807) is 55.4 Å². The Hall–Kier alpha value is -10.0. The van der Waals surface area contributed by atoms with Gasteiger partial charge in [-0.3, -0.25) is 86.7 Å². The largest absolute Gasteiger partial charge is 0.394 e. The number of likely N-dealkylation sites (tertiary alicyclic amines) is 1. The average molecular weight is 1560 g/mol. The molecule has 0 aromatic rings. The number of carbonyl (C=O) groups excluding carboxylic acids is 16. The van der Waals surface area contributed by atoms with Crippen LogP contribution < -0.4 is 109 Å². The number of nitrogens with two attached hydrogens (primary N) is 7. The number of aliphatic imine (C=N–C) groups is 2. The van der Waals surface area contributed by atoms with Crippen LogP contribution in [0.1, 0.15) is 180 Å². The highest BCUT2D eigenvalue weighted by atomic mass is 16.3. The summed E-state index contributed by atoms with van der Waals surface area (Å²) >= 11 is 0. The van der Waals surface area contributed by atoms with E-state index in [4.69, 9.17) is 40.1 Å². The molecule has 0 aromatic heterocycles. The van der Waals surface area contributed by atoms with Crippen molar-refractivity contribution in [3.63, 3.8) is 0 Å². The number of aliphatic hydroxyl groups excluding tert-OH is 1. The number of nitrogens with one attached hydrogen (secondary N) is 13. The quantitative estimate of drug-likeness (QED) is 0.0153. The molecule has 0 radical (unpaired) electrons. The zero-order valence-corrected chi connectivity index (χ0v) is 66.1. The maximum atomic E-state index is 14.2. The zero-order chi connectivity index (χ0) is 83.8. The van der Waals surface area contributed by atoms with Gasteiger partial charge >= 0.3 is 0 Å². The molecule has 1 fully saturated rings. The maximum Gasteiger partial charge on any atom is 0.245 e. The van der Waals surface area contributed by atoms with Crippen molar-refractivity contribution in [2.75, 3.05) is 45.9 Å². The van der Waals surface area contributed by atoms with E-state index in [-0.39, 0.29) is 126 Å². The van der Waals surface area contributed by atoms with Gasteiger partial charge in [-0.2, -0.15) is 0 Å². The molecule has 0 spiro atoms. The van der Waals surface area contributed by atoms with Gasteiger partial charge in [0.2, 0.25) is 94.5 Å². The highest BCUT2D eigenvalue weighted by Gasteiger charge is 2.40.